The molecule has 1 aliphatic rings. The van der Waals surface area contributed by atoms with Crippen molar-refractivity contribution in [3.05, 3.63) is 65.2 Å². The number of aryl methyl sites for hydroxylation is 1. The van der Waals surface area contributed by atoms with Crippen LogP contribution in [0.4, 0.5) is 0 Å². The molecular formula is C23H24N2O6. The summed E-state index contributed by atoms with van der Waals surface area (Å²) >= 11 is 0. The SMILES string of the molecule is Cc1ccc(OCc2ccc(CN3CCC(=O)C(C(=O)NCC(=O)O)C3=O)cc2)cc1. The molecule has 162 valence electrons. The first-order chi connectivity index (χ1) is 14.8. The number of carboxylic acid groups (broad SMARTS) is 1. The van der Waals surface area contributed by atoms with Gasteiger partial charge in [0.25, 0.3) is 0 Å². The summed E-state index contributed by atoms with van der Waals surface area (Å²) in [5.41, 5.74) is 2.98. The maximum atomic E-state index is 12.7. The Morgan fingerprint density at radius 3 is 2.35 bits per heavy atom. The van der Waals surface area contributed by atoms with E-state index in [0.717, 1.165) is 22.4 Å². The number of hydrogen-bond acceptors (Lipinski definition) is 5. The molecule has 0 spiro atoms. The van der Waals surface area contributed by atoms with E-state index < -0.39 is 36.0 Å². The van der Waals surface area contributed by atoms with E-state index in [0.29, 0.717) is 6.61 Å². The standard InChI is InChI=1S/C23H24N2O6/c1-15-2-8-18(9-3-15)31-14-17-6-4-16(5-7-17)13-25-11-10-19(26)21(23(25)30)22(29)24-12-20(27)28/h2-9,21H,10-14H2,1H3,(H,24,29)(H,27,28). The van der Waals surface area contributed by atoms with Gasteiger partial charge in [0.1, 0.15) is 18.9 Å². The van der Waals surface area contributed by atoms with Crippen molar-refractivity contribution in [1.82, 2.24) is 10.2 Å². The molecule has 0 bridgehead atoms. The second-order valence-electron chi connectivity index (χ2n) is 7.44. The molecule has 1 fully saturated rings. The summed E-state index contributed by atoms with van der Waals surface area (Å²) in [7, 11) is 0. The van der Waals surface area contributed by atoms with Crippen molar-refractivity contribution in [2.75, 3.05) is 13.1 Å². The molecule has 8 heteroatoms. The van der Waals surface area contributed by atoms with Crippen LogP contribution >= 0.6 is 0 Å². The van der Waals surface area contributed by atoms with Gasteiger partial charge in [-0.25, -0.2) is 0 Å². The van der Waals surface area contributed by atoms with E-state index in [1.165, 1.54) is 4.90 Å². The summed E-state index contributed by atoms with van der Waals surface area (Å²) in [5, 5.41) is 10.8. The third kappa shape index (κ3) is 5.91. The van der Waals surface area contributed by atoms with Gasteiger partial charge in [0.05, 0.1) is 0 Å². The van der Waals surface area contributed by atoms with E-state index in [9.17, 15) is 19.2 Å². The molecule has 0 aromatic heterocycles. The predicted molar refractivity (Wildman–Crippen MR) is 111 cm³/mol. The van der Waals surface area contributed by atoms with Gasteiger partial charge in [0, 0.05) is 19.5 Å². The van der Waals surface area contributed by atoms with E-state index in [2.05, 4.69) is 5.32 Å². The molecule has 1 saturated heterocycles. The number of likely N-dealkylation sites (tertiary alicyclic amines) is 1. The number of carboxylic acids is 1. The Kier molecular flexibility index (Phi) is 7.02. The highest BCUT2D eigenvalue weighted by Gasteiger charge is 2.40. The lowest BCUT2D eigenvalue weighted by Crippen LogP contribution is -2.52. The van der Waals surface area contributed by atoms with Crippen molar-refractivity contribution in [2.45, 2.75) is 26.5 Å². The average Bonchev–Trinajstić information content (AvgIpc) is 2.75. The molecule has 2 amide bonds. The number of carbonyl (C=O) groups is 4. The minimum atomic E-state index is -1.49. The highest BCUT2D eigenvalue weighted by Crippen LogP contribution is 2.19. The Hall–Kier alpha value is -3.68. The summed E-state index contributed by atoms with van der Waals surface area (Å²) in [6, 6.07) is 15.3. The van der Waals surface area contributed by atoms with Crippen molar-refractivity contribution >= 4 is 23.6 Å². The van der Waals surface area contributed by atoms with Gasteiger partial charge < -0.3 is 20.1 Å². The Morgan fingerprint density at radius 1 is 1.06 bits per heavy atom. The molecule has 1 heterocycles. The quantitative estimate of drug-likeness (QED) is 0.624. The Labute approximate surface area is 179 Å². The van der Waals surface area contributed by atoms with Crippen LogP contribution in [0, 0.1) is 12.8 Å². The zero-order chi connectivity index (χ0) is 22.4. The van der Waals surface area contributed by atoms with Gasteiger partial charge in [-0.05, 0) is 30.2 Å². The number of hydrogen-bond donors (Lipinski definition) is 2. The van der Waals surface area contributed by atoms with E-state index in [-0.39, 0.29) is 19.5 Å². The molecule has 0 saturated carbocycles. The zero-order valence-corrected chi connectivity index (χ0v) is 17.2. The van der Waals surface area contributed by atoms with E-state index in [1.54, 1.807) is 0 Å². The van der Waals surface area contributed by atoms with Crippen LogP contribution in [0.25, 0.3) is 0 Å². The summed E-state index contributed by atoms with van der Waals surface area (Å²) in [6.07, 6.45) is 0.0549. The fourth-order valence-corrected chi connectivity index (χ4v) is 3.26. The van der Waals surface area contributed by atoms with Gasteiger partial charge in [0.15, 0.2) is 11.7 Å². The number of nitrogens with one attached hydrogen (secondary N) is 1. The number of Topliss-reactive ketones (excluding diaryl/α,β-unsaturated/α-hetero) is 1. The minimum absolute atomic E-state index is 0.0549. The van der Waals surface area contributed by atoms with Gasteiger partial charge in [-0.2, -0.15) is 0 Å². The molecule has 2 N–H and O–H groups in total. The number of piperidine rings is 1. The first-order valence-corrected chi connectivity index (χ1v) is 9.92. The lowest BCUT2D eigenvalue weighted by Gasteiger charge is -2.30. The van der Waals surface area contributed by atoms with Gasteiger partial charge in [-0.3, -0.25) is 19.2 Å². The molecule has 0 radical (unpaired) electrons. The van der Waals surface area contributed by atoms with Gasteiger partial charge >= 0.3 is 5.97 Å². The first-order valence-electron chi connectivity index (χ1n) is 9.92. The maximum Gasteiger partial charge on any atom is 0.322 e. The van der Waals surface area contributed by atoms with Gasteiger partial charge in [0.2, 0.25) is 11.8 Å². The molecule has 1 atom stereocenters. The monoisotopic (exact) mass is 424 g/mol. The van der Waals surface area contributed by atoms with Crippen LogP contribution in [0.5, 0.6) is 5.75 Å². The predicted octanol–water partition coefficient (Wildman–Crippen LogP) is 1.69. The van der Waals surface area contributed by atoms with E-state index >= 15 is 0 Å². The summed E-state index contributed by atoms with van der Waals surface area (Å²) in [4.78, 5) is 48.9. The van der Waals surface area contributed by atoms with Crippen LogP contribution in [0.2, 0.25) is 0 Å². The molecular weight excluding hydrogens is 400 g/mol. The third-order valence-electron chi connectivity index (χ3n) is 5.01. The zero-order valence-electron chi connectivity index (χ0n) is 17.2. The van der Waals surface area contributed by atoms with Crippen molar-refractivity contribution in [3.63, 3.8) is 0 Å². The topological polar surface area (TPSA) is 113 Å². The van der Waals surface area contributed by atoms with Crippen LogP contribution in [0.3, 0.4) is 0 Å². The van der Waals surface area contributed by atoms with Crippen molar-refractivity contribution in [1.29, 1.82) is 0 Å². The smallest absolute Gasteiger partial charge is 0.322 e. The van der Waals surface area contributed by atoms with Crippen molar-refractivity contribution < 1.29 is 29.0 Å². The van der Waals surface area contributed by atoms with Crippen LogP contribution in [-0.4, -0.2) is 46.7 Å². The minimum Gasteiger partial charge on any atom is -0.489 e. The van der Waals surface area contributed by atoms with Gasteiger partial charge in [-0.1, -0.05) is 42.0 Å². The highest BCUT2D eigenvalue weighted by atomic mass is 16.5. The first kappa shape index (κ1) is 22.0. The fourth-order valence-electron chi connectivity index (χ4n) is 3.26. The lowest BCUT2D eigenvalue weighted by atomic mass is 9.94. The summed E-state index contributed by atoms with van der Waals surface area (Å²) in [6.45, 7) is 2.26. The van der Waals surface area contributed by atoms with Crippen LogP contribution < -0.4 is 10.1 Å². The Morgan fingerprint density at radius 2 is 1.71 bits per heavy atom. The molecule has 8 nitrogen and oxygen atoms in total. The highest BCUT2D eigenvalue weighted by molar-refractivity contribution is 6.19. The van der Waals surface area contributed by atoms with Crippen LogP contribution in [-0.2, 0) is 32.3 Å². The molecule has 2 aromatic rings. The molecule has 31 heavy (non-hydrogen) atoms. The Bertz CT molecular complexity index is 969. The second-order valence-corrected chi connectivity index (χ2v) is 7.44. The number of benzene rings is 2. The van der Waals surface area contributed by atoms with Gasteiger partial charge in [-0.15, -0.1) is 0 Å². The summed E-state index contributed by atoms with van der Waals surface area (Å²) in [5.74, 6) is -3.92. The molecule has 3 rings (SSSR count). The third-order valence-corrected chi connectivity index (χ3v) is 5.01. The number of ketones is 1. The van der Waals surface area contributed by atoms with Crippen molar-refractivity contribution in [3.8, 4) is 5.75 Å². The fraction of sp³-hybridized carbons (Fsp3) is 0.304. The molecule has 2 aromatic carbocycles. The summed E-state index contributed by atoms with van der Waals surface area (Å²) < 4.78 is 5.76. The normalized spacial score (nSPS) is 16.2. The number of ether oxygens (including phenoxy) is 1. The average molecular weight is 424 g/mol. The molecule has 1 aliphatic heterocycles. The van der Waals surface area contributed by atoms with E-state index in [1.807, 2.05) is 55.5 Å². The maximum absolute atomic E-state index is 12.7. The number of aliphatic carboxylic acids is 1. The Balaban J connectivity index is 1.57. The van der Waals surface area contributed by atoms with Crippen molar-refractivity contribution in [2.24, 2.45) is 5.92 Å². The second kappa shape index (κ2) is 9.88. The van der Waals surface area contributed by atoms with Crippen LogP contribution in [0.1, 0.15) is 23.1 Å². The number of rotatable bonds is 8. The number of nitrogens with zero attached hydrogens (tertiary/aromatic N) is 1. The largest absolute Gasteiger partial charge is 0.489 e. The molecule has 0 aliphatic carbocycles. The van der Waals surface area contributed by atoms with E-state index in [4.69, 9.17) is 9.84 Å². The molecule has 1 unspecified atom stereocenters. The number of carbonyl (C=O) groups excluding carboxylic acids is 3. The lowest BCUT2D eigenvalue weighted by molar-refractivity contribution is -0.152. The number of amides is 2. The van der Waals surface area contributed by atoms with Crippen LogP contribution in [0.15, 0.2) is 48.5 Å².